The highest BCUT2D eigenvalue weighted by Crippen LogP contribution is 2.30. The maximum absolute atomic E-state index is 12.6. The van der Waals surface area contributed by atoms with Crippen molar-refractivity contribution in [2.45, 2.75) is 25.4 Å². The van der Waals surface area contributed by atoms with Gasteiger partial charge in [-0.3, -0.25) is 4.79 Å². The minimum absolute atomic E-state index is 0.0899. The molecule has 2 heterocycles. The zero-order chi connectivity index (χ0) is 15.8. The van der Waals surface area contributed by atoms with Crippen LogP contribution in [0.2, 0.25) is 0 Å². The molecular formula is C18H19NO4. The van der Waals surface area contributed by atoms with Crippen molar-refractivity contribution in [1.29, 1.82) is 0 Å². The van der Waals surface area contributed by atoms with E-state index in [-0.39, 0.29) is 17.6 Å². The van der Waals surface area contributed by atoms with Crippen molar-refractivity contribution in [1.82, 2.24) is 4.90 Å². The Labute approximate surface area is 133 Å². The SMILES string of the molecule is O=C(c1cc2ccccc2oc1=O)N1CCC(OCC2CC2)C1. The summed E-state index contributed by atoms with van der Waals surface area (Å²) in [5.74, 6) is 0.453. The smallest absolute Gasteiger partial charge is 0.349 e. The van der Waals surface area contributed by atoms with E-state index in [0.717, 1.165) is 18.4 Å². The van der Waals surface area contributed by atoms with Crippen LogP contribution < -0.4 is 5.63 Å². The van der Waals surface area contributed by atoms with Crippen molar-refractivity contribution in [3.63, 3.8) is 0 Å². The Kier molecular flexibility index (Phi) is 3.65. The van der Waals surface area contributed by atoms with Crippen LogP contribution in [0.15, 0.2) is 39.5 Å². The first-order valence-corrected chi connectivity index (χ1v) is 8.14. The van der Waals surface area contributed by atoms with Crippen LogP contribution in [0.1, 0.15) is 29.6 Å². The molecule has 2 aromatic rings. The number of likely N-dealkylation sites (tertiary alicyclic amines) is 1. The molecule has 23 heavy (non-hydrogen) atoms. The Balaban J connectivity index is 1.50. The van der Waals surface area contributed by atoms with E-state index in [1.165, 1.54) is 12.8 Å². The second kappa shape index (κ2) is 5.81. The summed E-state index contributed by atoms with van der Waals surface area (Å²) in [5, 5.41) is 0.760. The molecule has 5 heteroatoms. The third-order valence-electron chi connectivity index (χ3n) is 4.57. The number of carbonyl (C=O) groups excluding carboxylic acids is 1. The fourth-order valence-electron chi connectivity index (χ4n) is 2.99. The average molecular weight is 313 g/mol. The molecule has 1 unspecified atom stereocenters. The number of benzene rings is 1. The lowest BCUT2D eigenvalue weighted by Gasteiger charge is -2.16. The molecule has 1 aromatic heterocycles. The van der Waals surface area contributed by atoms with Gasteiger partial charge in [-0.1, -0.05) is 18.2 Å². The second-order valence-electron chi connectivity index (χ2n) is 6.42. The van der Waals surface area contributed by atoms with Crippen molar-refractivity contribution in [2.24, 2.45) is 5.92 Å². The number of nitrogens with zero attached hydrogens (tertiary/aromatic N) is 1. The van der Waals surface area contributed by atoms with Gasteiger partial charge in [0.1, 0.15) is 11.1 Å². The van der Waals surface area contributed by atoms with Crippen LogP contribution in [0.4, 0.5) is 0 Å². The van der Waals surface area contributed by atoms with Gasteiger partial charge in [-0.25, -0.2) is 4.79 Å². The summed E-state index contributed by atoms with van der Waals surface area (Å²) in [6.45, 7) is 1.98. The van der Waals surface area contributed by atoms with Crippen LogP contribution in [0.3, 0.4) is 0 Å². The molecule has 0 radical (unpaired) electrons. The van der Waals surface area contributed by atoms with Gasteiger partial charge in [0.05, 0.1) is 6.10 Å². The van der Waals surface area contributed by atoms with E-state index in [0.29, 0.717) is 24.6 Å². The van der Waals surface area contributed by atoms with E-state index in [1.54, 1.807) is 23.1 Å². The summed E-state index contributed by atoms with van der Waals surface area (Å²) < 4.78 is 11.1. The van der Waals surface area contributed by atoms with Crippen molar-refractivity contribution in [3.05, 3.63) is 46.3 Å². The van der Waals surface area contributed by atoms with Gasteiger partial charge in [-0.15, -0.1) is 0 Å². The van der Waals surface area contributed by atoms with E-state index in [9.17, 15) is 9.59 Å². The highest BCUT2D eigenvalue weighted by molar-refractivity contribution is 5.96. The third-order valence-corrected chi connectivity index (χ3v) is 4.57. The summed E-state index contributed by atoms with van der Waals surface area (Å²) in [7, 11) is 0. The van der Waals surface area contributed by atoms with E-state index in [4.69, 9.17) is 9.15 Å². The topological polar surface area (TPSA) is 59.8 Å². The molecule has 1 aliphatic carbocycles. The van der Waals surface area contributed by atoms with Gasteiger partial charge >= 0.3 is 5.63 Å². The van der Waals surface area contributed by atoms with E-state index >= 15 is 0 Å². The number of hydrogen-bond acceptors (Lipinski definition) is 4. The van der Waals surface area contributed by atoms with Gasteiger partial charge in [-0.05, 0) is 37.3 Å². The van der Waals surface area contributed by atoms with Gasteiger partial charge in [0.2, 0.25) is 0 Å². The number of carbonyl (C=O) groups is 1. The Bertz CT molecular complexity index is 793. The van der Waals surface area contributed by atoms with Crippen molar-refractivity contribution < 1.29 is 13.9 Å². The molecule has 5 nitrogen and oxygen atoms in total. The molecule has 0 spiro atoms. The number of fused-ring (bicyclic) bond motifs is 1. The average Bonchev–Trinajstić information content (AvgIpc) is 3.28. The summed E-state index contributed by atoms with van der Waals surface area (Å²) >= 11 is 0. The van der Waals surface area contributed by atoms with Crippen molar-refractivity contribution >= 4 is 16.9 Å². The largest absolute Gasteiger partial charge is 0.422 e. The van der Waals surface area contributed by atoms with Crippen LogP contribution in [-0.2, 0) is 4.74 Å². The van der Waals surface area contributed by atoms with E-state index < -0.39 is 5.63 Å². The minimum atomic E-state index is -0.573. The quantitative estimate of drug-likeness (QED) is 0.814. The number of hydrogen-bond donors (Lipinski definition) is 0. The lowest BCUT2D eigenvalue weighted by Crippen LogP contribution is -2.33. The highest BCUT2D eigenvalue weighted by Gasteiger charge is 2.31. The maximum Gasteiger partial charge on any atom is 0.349 e. The van der Waals surface area contributed by atoms with Gasteiger partial charge in [-0.2, -0.15) is 0 Å². The number of ether oxygens (including phenoxy) is 1. The van der Waals surface area contributed by atoms with Gasteiger partial charge in [0.15, 0.2) is 0 Å². The number of para-hydroxylation sites is 1. The zero-order valence-corrected chi connectivity index (χ0v) is 12.9. The molecule has 1 atom stereocenters. The van der Waals surface area contributed by atoms with Crippen LogP contribution in [0, 0.1) is 5.92 Å². The molecule has 2 aliphatic rings. The Morgan fingerprint density at radius 3 is 2.91 bits per heavy atom. The first kappa shape index (κ1) is 14.5. The van der Waals surface area contributed by atoms with Crippen LogP contribution >= 0.6 is 0 Å². The standard InChI is InChI=1S/C18H19NO4/c20-17(19-8-7-14(10-19)22-11-12-5-6-12)15-9-13-3-1-2-4-16(13)23-18(15)21/h1-4,9,12,14H,5-8,10-11H2. The Morgan fingerprint density at radius 1 is 1.26 bits per heavy atom. The second-order valence-corrected chi connectivity index (χ2v) is 6.42. The summed E-state index contributed by atoms with van der Waals surface area (Å²) in [5.41, 5.74) is 0.0312. The van der Waals surface area contributed by atoms with Crippen molar-refractivity contribution in [2.75, 3.05) is 19.7 Å². The van der Waals surface area contributed by atoms with Crippen LogP contribution in [0.5, 0.6) is 0 Å². The van der Waals surface area contributed by atoms with Gasteiger partial charge in [0, 0.05) is 25.1 Å². The molecule has 1 aromatic carbocycles. The van der Waals surface area contributed by atoms with E-state index in [2.05, 4.69) is 0 Å². The molecule has 2 fully saturated rings. The third kappa shape index (κ3) is 3.01. The predicted molar refractivity (Wildman–Crippen MR) is 85.5 cm³/mol. The lowest BCUT2D eigenvalue weighted by atomic mass is 10.1. The number of rotatable bonds is 4. The predicted octanol–water partition coefficient (Wildman–Crippen LogP) is 2.43. The summed E-state index contributed by atoms with van der Waals surface area (Å²) in [4.78, 5) is 26.4. The lowest BCUT2D eigenvalue weighted by molar-refractivity contribution is 0.0479. The van der Waals surface area contributed by atoms with Gasteiger partial charge < -0.3 is 14.1 Å². The fraction of sp³-hybridized carbons (Fsp3) is 0.444. The minimum Gasteiger partial charge on any atom is -0.422 e. The van der Waals surface area contributed by atoms with Gasteiger partial charge in [0.25, 0.3) is 5.91 Å². The fourth-order valence-corrected chi connectivity index (χ4v) is 2.99. The molecule has 4 rings (SSSR count). The molecule has 1 saturated carbocycles. The maximum atomic E-state index is 12.6. The molecular weight excluding hydrogens is 294 g/mol. The van der Waals surface area contributed by atoms with Crippen LogP contribution in [0.25, 0.3) is 11.0 Å². The zero-order valence-electron chi connectivity index (χ0n) is 12.9. The van der Waals surface area contributed by atoms with Crippen LogP contribution in [-0.4, -0.2) is 36.6 Å². The molecule has 1 amide bonds. The monoisotopic (exact) mass is 313 g/mol. The van der Waals surface area contributed by atoms with E-state index in [1.807, 2.05) is 12.1 Å². The molecule has 1 saturated heterocycles. The summed E-state index contributed by atoms with van der Waals surface area (Å²) in [6.07, 6.45) is 3.44. The Morgan fingerprint density at radius 2 is 2.09 bits per heavy atom. The number of amides is 1. The highest BCUT2D eigenvalue weighted by atomic mass is 16.5. The first-order valence-electron chi connectivity index (χ1n) is 8.14. The first-order chi connectivity index (χ1) is 11.2. The van der Waals surface area contributed by atoms with Crippen molar-refractivity contribution in [3.8, 4) is 0 Å². The molecule has 1 aliphatic heterocycles. The molecule has 120 valence electrons. The molecule has 0 N–H and O–H groups in total. The Hall–Kier alpha value is -2.14. The summed E-state index contributed by atoms with van der Waals surface area (Å²) in [6, 6.07) is 8.84. The normalized spacial score (nSPS) is 21.0. The molecule has 0 bridgehead atoms.